The first-order valence-corrected chi connectivity index (χ1v) is 12.8. The molecule has 0 bridgehead atoms. The molecule has 0 saturated carbocycles. The van der Waals surface area contributed by atoms with Crippen LogP contribution < -0.4 is 10.0 Å². The number of carbonyl (C=O) groups excluding carboxylic acids is 1. The van der Waals surface area contributed by atoms with E-state index in [0.29, 0.717) is 0 Å². The van der Waals surface area contributed by atoms with Gasteiger partial charge in [0, 0.05) is 40.3 Å². The molecular formula is C21H23ClFN5O3S2. The van der Waals surface area contributed by atoms with Gasteiger partial charge in [0.1, 0.15) is 11.9 Å². The molecule has 1 aromatic carbocycles. The maximum Gasteiger partial charge on any atom is 0.280 e. The van der Waals surface area contributed by atoms with Crippen molar-refractivity contribution in [2.45, 2.75) is 38.4 Å². The minimum Gasteiger partial charge on any atom is -0.325 e. The highest BCUT2D eigenvalue weighted by Crippen LogP contribution is 2.36. The van der Waals surface area contributed by atoms with Crippen molar-refractivity contribution in [3.8, 4) is 10.4 Å². The molecule has 1 aliphatic heterocycles. The van der Waals surface area contributed by atoms with Crippen LogP contribution in [-0.2, 0) is 15.0 Å². The van der Waals surface area contributed by atoms with Gasteiger partial charge in [-0.25, -0.2) is 4.39 Å². The topological polar surface area (TPSA) is 96.3 Å². The predicted molar refractivity (Wildman–Crippen MR) is 127 cm³/mol. The monoisotopic (exact) mass is 511 g/mol. The quantitative estimate of drug-likeness (QED) is 0.536. The molecule has 2 aromatic heterocycles. The Hall–Kier alpha value is -2.31. The molecule has 4 rings (SSSR count). The summed E-state index contributed by atoms with van der Waals surface area (Å²) in [6.07, 6.45) is 3.95. The van der Waals surface area contributed by atoms with Crippen molar-refractivity contribution < 1.29 is 17.6 Å². The fourth-order valence-electron chi connectivity index (χ4n) is 3.54. The highest BCUT2D eigenvalue weighted by atomic mass is 35.5. The fourth-order valence-corrected chi connectivity index (χ4v) is 6.11. The molecule has 1 saturated heterocycles. The van der Waals surface area contributed by atoms with Crippen LogP contribution in [0.15, 0.2) is 42.7 Å². The zero-order valence-electron chi connectivity index (χ0n) is 18.1. The summed E-state index contributed by atoms with van der Waals surface area (Å²) in [5.74, 6) is -1.13. The first-order chi connectivity index (χ1) is 15.5. The summed E-state index contributed by atoms with van der Waals surface area (Å²) in [7, 11) is -2.55. The Bertz CT molecular complexity index is 1290. The zero-order chi connectivity index (χ0) is 23.9. The molecule has 0 radical (unpaired) electrons. The average molecular weight is 512 g/mol. The van der Waals surface area contributed by atoms with Crippen LogP contribution in [0.2, 0.25) is 5.02 Å². The Morgan fingerprint density at radius 1 is 1.33 bits per heavy atom. The third-order valence-electron chi connectivity index (χ3n) is 5.44. The third kappa shape index (κ3) is 4.97. The number of carbonyl (C=O) groups is 1. The van der Waals surface area contributed by atoms with Crippen LogP contribution in [-0.4, -0.2) is 41.5 Å². The minimum atomic E-state index is -3.90. The van der Waals surface area contributed by atoms with Gasteiger partial charge in [0.2, 0.25) is 5.91 Å². The Balaban J connectivity index is 1.55. The summed E-state index contributed by atoms with van der Waals surface area (Å²) in [5.41, 5.74) is 1.23. The normalized spacial score (nSPS) is 20.8. The van der Waals surface area contributed by atoms with Crippen molar-refractivity contribution >= 4 is 44.7 Å². The van der Waals surface area contributed by atoms with E-state index in [2.05, 4.69) is 15.1 Å². The summed E-state index contributed by atoms with van der Waals surface area (Å²) in [6, 6.07) is 6.27. The van der Waals surface area contributed by atoms with Gasteiger partial charge < -0.3 is 5.32 Å². The van der Waals surface area contributed by atoms with Gasteiger partial charge in [0.05, 0.1) is 17.3 Å². The number of amides is 1. The summed E-state index contributed by atoms with van der Waals surface area (Å²) in [4.78, 5) is 14.7. The molecule has 8 nitrogen and oxygen atoms in total. The molecule has 3 heterocycles. The number of halogens is 2. The van der Waals surface area contributed by atoms with Crippen LogP contribution >= 0.6 is 22.9 Å². The van der Waals surface area contributed by atoms with Crippen LogP contribution in [0.25, 0.3) is 10.4 Å². The van der Waals surface area contributed by atoms with Gasteiger partial charge in [-0.3, -0.25) is 9.48 Å². The number of hydrogen-bond donors (Lipinski definition) is 2. The molecule has 0 spiro atoms. The van der Waals surface area contributed by atoms with E-state index in [1.54, 1.807) is 6.20 Å². The van der Waals surface area contributed by atoms with Gasteiger partial charge in [0.25, 0.3) is 10.2 Å². The molecule has 33 heavy (non-hydrogen) atoms. The van der Waals surface area contributed by atoms with Crippen LogP contribution in [0, 0.1) is 5.82 Å². The van der Waals surface area contributed by atoms with Gasteiger partial charge in [-0.05, 0) is 50.6 Å². The molecule has 12 heteroatoms. The Morgan fingerprint density at radius 3 is 2.76 bits per heavy atom. The number of likely N-dealkylation sites (N-methyl/N-ethyl adjacent to an activating group) is 1. The second-order valence-electron chi connectivity index (χ2n) is 8.07. The molecule has 176 valence electrons. The maximum atomic E-state index is 13.4. The first-order valence-electron chi connectivity index (χ1n) is 10.2. The average Bonchev–Trinajstić information content (AvgIpc) is 3.42. The number of nitrogens with zero attached hydrogens (tertiary/aromatic N) is 3. The smallest absolute Gasteiger partial charge is 0.280 e. The van der Waals surface area contributed by atoms with Gasteiger partial charge in [-0.15, -0.1) is 11.3 Å². The molecule has 2 N–H and O–H groups in total. The van der Waals surface area contributed by atoms with E-state index >= 15 is 0 Å². The minimum absolute atomic E-state index is 0.135. The first kappa shape index (κ1) is 23.8. The van der Waals surface area contributed by atoms with Gasteiger partial charge in [-0.1, -0.05) is 11.6 Å². The molecular weight excluding hydrogens is 489 g/mol. The second kappa shape index (κ2) is 9.15. The van der Waals surface area contributed by atoms with Crippen molar-refractivity contribution in [2.75, 3.05) is 12.4 Å². The van der Waals surface area contributed by atoms with Crippen molar-refractivity contribution in [2.24, 2.45) is 0 Å². The van der Waals surface area contributed by atoms with Crippen molar-refractivity contribution in [3.63, 3.8) is 0 Å². The van der Waals surface area contributed by atoms with E-state index in [9.17, 15) is 17.6 Å². The highest BCUT2D eigenvalue weighted by molar-refractivity contribution is 7.87. The lowest BCUT2D eigenvalue weighted by Gasteiger charge is -2.35. The SMILES string of the molecule is CC(C)n1cc(-c2ccc([C@@H]3C[C@H](C(=O)Nc4ccc(F)c(Cl)c4)N(C)S(=O)(=O)N3)s2)cn1. The number of aromatic nitrogens is 2. The zero-order valence-corrected chi connectivity index (χ0v) is 20.5. The summed E-state index contributed by atoms with van der Waals surface area (Å²) in [6.45, 7) is 4.07. The largest absolute Gasteiger partial charge is 0.325 e. The van der Waals surface area contributed by atoms with Crippen molar-refractivity contribution in [1.82, 2.24) is 18.8 Å². The lowest BCUT2D eigenvalue weighted by Crippen LogP contribution is -2.55. The number of anilines is 1. The van der Waals surface area contributed by atoms with E-state index in [-0.39, 0.29) is 23.2 Å². The van der Waals surface area contributed by atoms with Crippen LogP contribution in [0.1, 0.15) is 37.2 Å². The second-order valence-corrected chi connectivity index (χ2v) is 11.4. The Labute approximate surface area is 200 Å². The summed E-state index contributed by atoms with van der Waals surface area (Å²) in [5, 5.41) is 6.85. The highest BCUT2D eigenvalue weighted by Gasteiger charge is 2.41. The van der Waals surface area contributed by atoms with Gasteiger partial charge in [0.15, 0.2) is 0 Å². The van der Waals surface area contributed by atoms with Gasteiger partial charge in [-0.2, -0.15) is 22.5 Å². The number of hydrogen-bond acceptors (Lipinski definition) is 5. The van der Waals surface area contributed by atoms with E-state index < -0.39 is 34.0 Å². The number of benzene rings is 1. The van der Waals surface area contributed by atoms with E-state index in [1.165, 1.54) is 30.5 Å². The van der Waals surface area contributed by atoms with E-state index in [1.807, 2.05) is 36.9 Å². The van der Waals surface area contributed by atoms with Crippen LogP contribution in [0.4, 0.5) is 10.1 Å². The van der Waals surface area contributed by atoms with E-state index in [4.69, 9.17) is 11.6 Å². The molecule has 2 atom stereocenters. The standard InChI is InChI=1S/C21H23ClFN5O3S2/c1-12(2)28-11-13(10-24-28)19-6-7-20(32-19)17-9-18(27(3)33(30,31)26-17)21(29)25-14-4-5-16(23)15(22)8-14/h4-8,10-12,17-18,26H,9H2,1-3H3,(H,25,29)/t17-,18+/m0/s1. The molecule has 1 amide bonds. The molecule has 1 aliphatic rings. The Kier molecular flexibility index (Phi) is 6.61. The molecule has 0 unspecified atom stereocenters. The summed E-state index contributed by atoms with van der Waals surface area (Å²) < 4.78 is 44.4. The lowest BCUT2D eigenvalue weighted by atomic mass is 10.1. The lowest BCUT2D eigenvalue weighted by molar-refractivity contribution is -0.120. The molecule has 3 aromatic rings. The van der Waals surface area contributed by atoms with Crippen molar-refractivity contribution in [1.29, 1.82) is 0 Å². The maximum absolute atomic E-state index is 13.4. The number of nitrogens with one attached hydrogen (secondary N) is 2. The number of thiophene rings is 1. The predicted octanol–water partition coefficient (Wildman–Crippen LogP) is 4.20. The van der Waals surface area contributed by atoms with Crippen molar-refractivity contribution in [3.05, 3.63) is 58.4 Å². The molecule has 0 aliphatic carbocycles. The van der Waals surface area contributed by atoms with Gasteiger partial charge >= 0.3 is 0 Å². The number of rotatable bonds is 5. The van der Waals surface area contributed by atoms with E-state index in [0.717, 1.165) is 25.7 Å². The molecule has 1 fully saturated rings. The Morgan fingerprint density at radius 2 is 2.09 bits per heavy atom. The third-order valence-corrected chi connectivity index (χ3v) is 8.58. The fraction of sp³-hybridized carbons (Fsp3) is 0.333. The van der Waals surface area contributed by atoms with Crippen LogP contribution in [0.5, 0.6) is 0 Å². The summed E-state index contributed by atoms with van der Waals surface area (Å²) >= 11 is 7.24. The van der Waals surface area contributed by atoms with Crippen LogP contribution in [0.3, 0.4) is 0 Å².